The van der Waals surface area contributed by atoms with Crippen LogP contribution >= 0.6 is 23.2 Å². The van der Waals surface area contributed by atoms with Gasteiger partial charge in [-0.15, -0.1) is 0 Å². The van der Waals surface area contributed by atoms with E-state index in [-0.39, 0.29) is 6.42 Å². The molecule has 0 aliphatic heterocycles. The van der Waals surface area contributed by atoms with Crippen LogP contribution in [-0.4, -0.2) is 28.8 Å². The minimum atomic E-state index is -1.16. The van der Waals surface area contributed by atoms with Gasteiger partial charge in [0.2, 0.25) is 0 Å². The summed E-state index contributed by atoms with van der Waals surface area (Å²) < 4.78 is 5.04. The maximum atomic E-state index is 11.6. The zero-order valence-corrected chi connectivity index (χ0v) is 13.5. The largest absolute Gasteiger partial charge is 0.480 e. The van der Waals surface area contributed by atoms with Crippen molar-refractivity contribution in [2.45, 2.75) is 38.8 Å². The topological polar surface area (TPSA) is 75.6 Å². The second-order valence-corrected chi connectivity index (χ2v) is 6.30. The molecule has 0 aliphatic rings. The quantitative estimate of drug-likeness (QED) is 0.883. The maximum Gasteiger partial charge on any atom is 0.408 e. The Labute approximate surface area is 133 Å². The van der Waals surface area contributed by atoms with Gasteiger partial charge >= 0.3 is 12.1 Å². The Morgan fingerprint density at radius 3 is 2.38 bits per heavy atom. The molecule has 0 heterocycles. The van der Waals surface area contributed by atoms with Crippen molar-refractivity contribution < 1.29 is 19.4 Å². The highest BCUT2D eigenvalue weighted by molar-refractivity contribution is 6.42. The summed E-state index contributed by atoms with van der Waals surface area (Å²) in [6.07, 6.45) is -0.708. The Kier molecular flexibility index (Phi) is 5.87. The minimum absolute atomic E-state index is 0.0749. The molecular weight excluding hydrogens is 317 g/mol. The van der Waals surface area contributed by atoms with Gasteiger partial charge in [-0.1, -0.05) is 29.3 Å². The van der Waals surface area contributed by atoms with Crippen molar-refractivity contribution in [1.29, 1.82) is 0 Å². The SMILES string of the molecule is CC(C)(C)OC(=O)NC(Cc1ccc(Cl)c(Cl)c1)C(=O)O. The summed E-state index contributed by atoms with van der Waals surface area (Å²) in [6, 6.07) is 3.68. The Morgan fingerprint density at radius 2 is 1.90 bits per heavy atom. The molecule has 21 heavy (non-hydrogen) atoms. The van der Waals surface area contributed by atoms with Crippen LogP contribution in [0.5, 0.6) is 0 Å². The Hall–Kier alpha value is -1.46. The molecule has 1 rings (SSSR count). The highest BCUT2D eigenvalue weighted by Gasteiger charge is 2.24. The lowest BCUT2D eigenvalue weighted by atomic mass is 10.1. The van der Waals surface area contributed by atoms with Gasteiger partial charge in [-0.05, 0) is 38.5 Å². The first-order valence-electron chi connectivity index (χ1n) is 6.25. The first kappa shape index (κ1) is 17.6. The third-order valence-electron chi connectivity index (χ3n) is 2.41. The molecule has 0 aliphatic carbocycles. The number of rotatable bonds is 4. The minimum Gasteiger partial charge on any atom is -0.480 e. The third-order valence-corrected chi connectivity index (χ3v) is 3.15. The van der Waals surface area contributed by atoms with E-state index in [0.29, 0.717) is 15.6 Å². The van der Waals surface area contributed by atoms with E-state index in [9.17, 15) is 14.7 Å². The first-order valence-corrected chi connectivity index (χ1v) is 7.00. The van der Waals surface area contributed by atoms with Gasteiger partial charge in [-0.2, -0.15) is 0 Å². The highest BCUT2D eigenvalue weighted by atomic mass is 35.5. The Morgan fingerprint density at radius 1 is 1.29 bits per heavy atom. The van der Waals surface area contributed by atoms with Crippen molar-refractivity contribution in [2.75, 3.05) is 0 Å². The van der Waals surface area contributed by atoms with Crippen LogP contribution < -0.4 is 5.32 Å². The van der Waals surface area contributed by atoms with Gasteiger partial charge in [-0.3, -0.25) is 0 Å². The van der Waals surface area contributed by atoms with Gasteiger partial charge in [0, 0.05) is 6.42 Å². The zero-order chi connectivity index (χ0) is 16.2. The number of carboxylic acids is 1. The fraction of sp³-hybridized carbons (Fsp3) is 0.429. The Balaban J connectivity index is 2.76. The number of hydrogen-bond donors (Lipinski definition) is 2. The van der Waals surface area contributed by atoms with E-state index in [0.717, 1.165) is 0 Å². The van der Waals surface area contributed by atoms with Crippen LogP contribution in [-0.2, 0) is 16.0 Å². The lowest BCUT2D eigenvalue weighted by molar-refractivity contribution is -0.139. The number of amides is 1. The van der Waals surface area contributed by atoms with Crippen molar-refractivity contribution in [3.63, 3.8) is 0 Å². The molecule has 1 aromatic carbocycles. The van der Waals surface area contributed by atoms with E-state index in [4.69, 9.17) is 27.9 Å². The molecule has 1 aromatic rings. The average Bonchev–Trinajstić information content (AvgIpc) is 2.30. The van der Waals surface area contributed by atoms with Gasteiger partial charge in [0.15, 0.2) is 0 Å². The normalized spacial score (nSPS) is 12.6. The molecule has 1 amide bonds. The molecule has 116 valence electrons. The summed E-state index contributed by atoms with van der Waals surface area (Å²) in [5.41, 5.74) is -0.0515. The molecule has 0 saturated carbocycles. The van der Waals surface area contributed by atoms with Crippen molar-refractivity contribution in [3.05, 3.63) is 33.8 Å². The number of aliphatic carboxylic acids is 1. The number of halogens is 2. The van der Waals surface area contributed by atoms with Crippen molar-refractivity contribution in [2.24, 2.45) is 0 Å². The smallest absolute Gasteiger partial charge is 0.408 e. The van der Waals surface area contributed by atoms with Crippen LogP contribution in [0.3, 0.4) is 0 Å². The monoisotopic (exact) mass is 333 g/mol. The fourth-order valence-electron chi connectivity index (χ4n) is 1.55. The van der Waals surface area contributed by atoms with Gasteiger partial charge in [0.1, 0.15) is 11.6 Å². The number of hydrogen-bond acceptors (Lipinski definition) is 3. The van der Waals surface area contributed by atoms with Crippen molar-refractivity contribution in [1.82, 2.24) is 5.32 Å². The predicted molar refractivity (Wildman–Crippen MR) is 81.0 cm³/mol. The van der Waals surface area contributed by atoms with Crippen LogP contribution in [0.4, 0.5) is 4.79 Å². The van der Waals surface area contributed by atoms with Crippen LogP contribution in [0, 0.1) is 0 Å². The van der Waals surface area contributed by atoms with E-state index in [2.05, 4.69) is 5.32 Å². The third kappa shape index (κ3) is 6.23. The van der Waals surface area contributed by atoms with Crippen LogP contribution in [0.25, 0.3) is 0 Å². The number of ether oxygens (including phenoxy) is 1. The second-order valence-electron chi connectivity index (χ2n) is 5.49. The predicted octanol–water partition coefficient (Wildman–Crippen LogP) is 3.51. The van der Waals surface area contributed by atoms with E-state index in [1.54, 1.807) is 39.0 Å². The molecule has 0 bridgehead atoms. The standard InChI is InChI=1S/C14H17Cl2NO4/c1-14(2,3)21-13(20)17-11(12(18)19)7-8-4-5-9(15)10(16)6-8/h4-6,11H,7H2,1-3H3,(H,17,20)(H,18,19). The number of benzene rings is 1. The summed E-state index contributed by atoms with van der Waals surface area (Å²) >= 11 is 11.7. The molecular formula is C14H17Cl2NO4. The summed E-state index contributed by atoms with van der Waals surface area (Å²) in [5.74, 6) is -1.16. The molecule has 5 nitrogen and oxygen atoms in total. The number of carbonyl (C=O) groups excluding carboxylic acids is 1. The van der Waals surface area contributed by atoms with E-state index >= 15 is 0 Å². The van der Waals surface area contributed by atoms with Gasteiger partial charge < -0.3 is 15.2 Å². The molecule has 1 atom stereocenters. The Bertz CT molecular complexity index is 540. The molecule has 0 aromatic heterocycles. The van der Waals surface area contributed by atoms with E-state index in [1.165, 1.54) is 0 Å². The number of nitrogens with one attached hydrogen (secondary N) is 1. The summed E-state index contributed by atoms with van der Waals surface area (Å²) in [6.45, 7) is 5.09. The molecule has 2 N–H and O–H groups in total. The highest BCUT2D eigenvalue weighted by Crippen LogP contribution is 2.23. The van der Waals surface area contributed by atoms with Gasteiger partial charge in [0.25, 0.3) is 0 Å². The summed E-state index contributed by atoms with van der Waals surface area (Å²) in [4.78, 5) is 22.9. The lowest BCUT2D eigenvalue weighted by Gasteiger charge is -2.22. The molecule has 0 radical (unpaired) electrons. The summed E-state index contributed by atoms with van der Waals surface area (Å²) in [7, 11) is 0. The van der Waals surface area contributed by atoms with Crippen LogP contribution in [0.2, 0.25) is 10.0 Å². The molecule has 0 spiro atoms. The number of carbonyl (C=O) groups is 2. The lowest BCUT2D eigenvalue weighted by Crippen LogP contribution is -2.44. The maximum absolute atomic E-state index is 11.6. The molecule has 0 fully saturated rings. The van der Waals surface area contributed by atoms with E-state index < -0.39 is 23.7 Å². The fourth-order valence-corrected chi connectivity index (χ4v) is 1.87. The van der Waals surface area contributed by atoms with Crippen LogP contribution in [0.15, 0.2) is 18.2 Å². The van der Waals surface area contributed by atoms with Crippen LogP contribution in [0.1, 0.15) is 26.3 Å². The van der Waals surface area contributed by atoms with E-state index in [1.807, 2.05) is 0 Å². The zero-order valence-electron chi connectivity index (χ0n) is 11.9. The van der Waals surface area contributed by atoms with Crippen molar-refractivity contribution >= 4 is 35.3 Å². The number of alkyl carbamates (subject to hydrolysis) is 1. The molecule has 7 heteroatoms. The average molecular weight is 334 g/mol. The first-order chi connectivity index (χ1) is 9.58. The molecule has 0 saturated heterocycles. The van der Waals surface area contributed by atoms with Gasteiger partial charge in [0.05, 0.1) is 10.0 Å². The molecule has 1 unspecified atom stereocenters. The number of carboxylic acid groups (broad SMARTS) is 1. The summed E-state index contributed by atoms with van der Waals surface area (Å²) in [5, 5.41) is 12.2. The van der Waals surface area contributed by atoms with Crippen molar-refractivity contribution in [3.8, 4) is 0 Å². The second kappa shape index (κ2) is 7.00. The van der Waals surface area contributed by atoms with Gasteiger partial charge in [-0.25, -0.2) is 9.59 Å².